The smallest absolute Gasteiger partial charge is 0.414 e. The number of rotatable bonds is 3. The number of imide groups is 1. The Morgan fingerprint density at radius 1 is 1.18 bits per heavy atom. The van der Waals surface area contributed by atoms with Crippen LogP contribution in [0.2, 0.25) is 0 Å². The fourth-order valence-corrected chi connectivity index (χ4v) is 3.17. The summed E-state index contributed by atoms with van der Waals surface area (Å²) in [5.41, 5.74) is 0.455. The van der Waals surface area contributed by atoms with Gasteiger partial charge in [-0.1, -0.05) is 45.4 Å². The summed E-state index contributed by atoms with van der Waals surface area (Å²) in [5, 5.41) is 2.32. The minimum absolute atomic E-state index is 0.104. The maximum atomic E-state index is 12.0. The molecule has 0 bridgehead atoms. The van der Waals surface area contributed by atoms with Gasteiger partial charge in [-0.15, -0.1) is 0 Å². The van der Waals surface area contributed by atoms with E-state index in [0.29, 0.717) is 23.3 Å². The fourth-order valence-electron chi connectivity index (χ4n) is 3.17. The predicted octanol–water partition coefficient (Wildman–Crippen LogP) is 4.01. The highest BCUT2D eigenvalue weighted by molar-refractivity contribution is 6.02. The molecule has 1 aliphatic rings. The normalized spacial score (nSPS) is 24.8. The van der Waals surface area contributed by atoms with Gasteiger partial charge < -0.3 is 4.74 Å². The number of carbonyl (C=O) groups is 2. The minimum atomic E-state index is -0.640. The van der Waals surface area contributed by atoms with E-state index < -0.39 is 12.0 Å². The molecular formula is C18H25NO3. The third-order valence-electron chi connectivity index (χ3n) is 4.47. The van der Waals surface area contributed by atoms with Crippen LogP contribution in [0.15, 0.2) is 30.3 Å². The van der Waals surface area contributed by atoms with Crippen LogP contribution in [0.4, 0.5) is 4.79 Å². The largest absolute Gasteiger partial charge is 0.446 e. The van der Waals surface area contributed by atoms with E-state index in [2.05, 4.69) is 26.1 Å². The third kappa shape index (κ3) is 4.33. The standard InChI is InChI=1S/C18H25NO3/c1-12(2)15-10-9-13(3)11-16(15)22-18(21)19-17(20)14-7-5-4-6-8-14/h4-8,12-13,15-16H,9-11H2,1-3H3,(H,19,20,21)/t13-,15+,16+/m0/s1. The zero-order chi connectivity index (χ0) is 16.1. The van der Waals surface area contributed by atoms with Gasteiger partial charge in [0.1, 0.15) is 6.10 Å². The number of hydrogen-bond acceptors (Lipinski definition) is 3. The Kier molecular flexibility index (Phi) is 5.58. The maximum absolute atomic E-state index is 12.0. The Morgan fingerprint density at radius 3 is 2.50 bits per heavy atom. The Bertz CT molecular complexity index is 512. The highest BCUT2D eigenvalue weighted by atomic mass is 16.6. The van der Waals surface area contributed by atoms with Crippen LogP contribution in [0.25, 0.3) is 0 Å². The van der Waals surface area contributed by atoms with Crippen molar-refractivity contribution in [2.75, 3.05) is 0 Å². The number of ether oxygens (including phenoxy) is 1. The van der Waals surface area contributed by atoms with Crippen molar-refractivity contribution in [3.05, 3.63) is 35.9 Å². The second-order valence-electron chi connectivity index (χ2n) is 6.59. The average molecular weight is 303 g/mol. The van der Waals surface area contributed by atoms with Crippen molar-refractivity contribution in [2.45, 2.75) is 46.1 Å². The molecule has 3 atom stereocenters. The van der Waals surface area contributed by atoms with Crippen molar-refractivity contribution < 1.29 is 14.3 Å². The summed E-state index contributed by atoms with van der Waals surface area (Å²) < 4.78 is 5.56. The quantitative estimate of drug-likeness (QED) is 0.917. The van der Waals surface area contributed by atoms with Gasteiger partial charge in [0.15, 0.2) is 0 Å². The summed E-state index contributed by atoms with van der Waals surface area (Å²) in [6, 6.07) is 8.69. The molecule has 1 N–H and O–H groups in total. The summed E-state index contributed by atoms with van der Waals surface area (Å²) >= 11 is 0. The van der Waals surface area contributed by atoms with E-state index in [-0.39, 0.29) is 6.10 Å². The van der Waals surface area contributed by atoms with Crippen molar-refractivity contribution in [3.8, 4) is 0 Å². The molecule has 0 aromatic heterocycles. The molecule has 0 spiro atoms. The SMILES string of the molecule is CC(C)[C@H]1CC[C@H](C)C[C@H]1OC(=O)NC(=O)c1ccccc1. The molecule has 1 saturated carbocycles. The Hall–Kier alpha value is -1.84. The van der Waals surface area contributed by atoms with E-state index in [0.717, 1.165) is 12.8 Å². The van der Waals surface area contributed by atoms with E-state index in [4.69, 9.17) is 4.74 Å². The highest BCUT2D eigenvalue weighted by Gasteiger charge is 2.33. The molecule has 4 nitrogen and oxygen atoms in total. The first-order chi connectivity index (χ1) is 10.5. The van der Waals surface area contributed by atoms with Gasteiger partial charge in [0, 0.05) is 5.56 Å². The average Bonchev–Trinajstić information content (AvgIpc) is 2.47. The van der Waals surface area contributed by atoms with Crippen LogP contribution in [0.1, 0.15) is 50.4 Å². The number of benzene rings is 1. The van der Waals surface area contributed by atoms with Gasteiger partial charge >= 0.3 is 6.09 Å². The van der Waals surface area contributed by atoms with E-state index in [1.54, 1.807) is 24.3 Å². The van der Waals surface area contributed by atoms with E-state index in [9.17, 15) is 9.59 Å². The van der Waals surface area contributed by atoms with E-state index in [1.807, 2.05) is 6.07 Å². The van der Waals surface area contributed by atoms with E-state index >= 15 is 0 Å². The molecule has 0 unspecified atom stereocenters. The number of amides is 2. The van der Waals surface area contributed by atoms with Crippen LogP contribution in [0.3, 0.4) is 0 Å². The van der Waals surface area contributed by atoms with Crippen molar-refractivity contribution in [1.82, 2.24) is 5.32 Å². The Morgan fingerprint density at radius 2 is 1.86 bits per heavy atom. The molecule has 0 aliphatic heterocycles. The minimum Gasteiger partial charge on any atom is -0.446 e. The van der Waals surface area contributed by atoms with Gasteiger partial charge in [0.2, 0.25) is 0 Å². The molecule has 1 aromatic rings. The molecule has 2 amide bonds. The second kappa shape index (κ2) is 7.43. The van der Waals surface area contributed by atoms with Crippen LogP contribution in [-0.2, 0) is 4.74 Å². The van der Waals surface area contributed by atoms with Crippen LogP contribution < -0.4 is 5.32 Å². The number of carbonyl (C=O) groups excluding carboxylic acids is 2. The second-order valence-corrected chi connectivity index (χ2v) is 6.59. The van der Waals surface area contributed by atoms with Crippen LogP contribution in [0, 0.1) is 17.8 Å². The van der Waals surface area contributed by atoms with Crippen LogP contribution in [-0.4, -0.2) is 18.1 Å². The lowest BCUT2D eigenvalue weighted by Crippen LogP contribution is -2.40. The van der Waals surface area contributed by atoms with Crippen LogP contribution in [0.5, 0.6) is 0 Å². The zero-order valence-corrected chi connectivity index (χ0v) is 13.5. The van der Waals surface area contributed by atoms with E-state index in [1.165, 1.54) is 6.42 Å². The summed E-state index contributed by atoms with van der Waals surface area (Å²) in [5.74, 6) is 0.970. The van der Waals surface area contributed by atoms with Gasteiger partial charge in [-0.2, -0.15) is 0 Å². The molecule has 0 saturated heterocycles. The maximum Gasteiger partial charge on any atom is 0.414 e. The molecule has 1 aliphatic carbocycles. The first kappa shape index (κ1) is 16.5. The highest BCUT2D eigenvalue weighted by Crippen LogP contribution is 2.35. The van der Waals surface area contributed by atoms with Crippen molar-refractivity contribution in [2.24, 2.45) is 17.8 Å². The predicted molar refractivity (Wildman–Crippen MR) is 85.5 cm³/mol. The van der Waals surface area contributed by atoms with Gasteiger partial charge in [-0.25, -0.2) is 4.79 Å². The molecule has 22 heavy (non-hydrogen) atoms. The molecule has 1 aromatic carbocycles. The first-order valence-electron chi connectivity index (χ1n) is 8.04. The van der Waals surface area contributed by atoms with Gasteiger partial charge in [0.25, 0.3) is 5.91 Å². The molecule has 1 fully saturated rings. The fraction of sp³-hybridized carbons (Fsp3) is 0.556. The Labute approximate surface area is 132 Å². The molecule has 0 heterocycles. The van der Waals surface area contributed by atoms with Crippen molar-refractivity contribution in [1.29, 1.82) is 0 Å². The zero-order valence-electron chi connectivity index (χ0n) is 13.5. The summed E-state index contributed by atoms with van der Waals surface area (Å²) in [6.45, 7) is 6.49. The van der Waals surface area contributed by atoms with Crippen LogP contribution >= 0.6 is 0 Å². The van der Waals surface area contributed by atoms with Gasteiger partial charge in [-0.05, 0) is 42.7 Å². The lowest BCUT2D eigenvalue weighted by atomic mass is 9.75. The molecule has 4 heteroatoms. The summed E-state index contributed by atoms with van der Waals surface area (Å²) in [4.78, 5) is 24.0. The molecule has 120 valence electrons. The first-order valence-corrected chi connectivity index (χ1v) is 8.04. The van der Waals surface area contributed by atoms with Gasteiger partial charge in [0.05, 0.1) is 0 Å². The van der Waals surface area contributed by atoms with Gasteiger partial charge in [-0.3, -0.25) is 10.1 Å². The lowest BCUT2D eigenvalue weighted by molar-refractivity contribution is 0.00664. The Balaban J connectivity index is 1.93. The molecular weight excluding hydrogens is 278 g/mol. The molecule has 2 rings (SSSR count). The number of nitrogens with one attached hydrogen (secondary N) is 1. The topological polar surface area (TPSA) is 55.4 Å². The lowest BCUT2D eigenvalue weighted by Gasteiger charge is -2.36. The summed E-state index contributed by atoms with van der Waals surface area (Å²) in [7, 11) is 0. The molecule has 0 radical (unpaired) electrons. The summed E-state index contributed by atoms with van der Waals surface area (Å²) in [6.07, 6.45) is 2.37. The monoisotopic (exact) mass is 303 g/mol. The van der Waals surface area contributed by atoms with Crippen molar-refractivity contribution in [3.63, 3.8) is 0 Å². The van der Waals surface area contributed by atoms with Crippen molar-refractivity contribution >= 4 is 12.0 Å². The number of hydrogen-bond donors (Lipinski definition) is 1. The number of alkyl carbamates (subject to hydrolysis) is 1. The third-order valence-corrected chi connectivity index (χ3v) is 4.47.